The number of nitrogens with one attached hydrogen (secondary N) is 1. The summed E-state index contributed by atoms with van der Waals surface area (Å²) in [5, 5.41) is 3.41. The fourth-order valence-electron chi connectivity index (χ4n) is 1.99. The number of benzene rings is 1. The maximum atomic E-state index is 12.0. The molecule has 3 heteroatoms. The molecular weight excluding hydrogens is 224 g/mol. The van der Waals surface area contributed by atoms with E-state index in [1.807, 2.05) is 39.1 Å². The molecule has 0 heterocycles. The zero-order chi connectivity index (χ0) is 13.5. The molecule has 100 valence electrons. The summed E-state index contributed by atoms with van der Waals surface area (Å²) in [4.78, 5) is 13.8. The highest BCUT2D eigenvalue weighted by molar-refractivity contribution is 5.81. The molecule has 0 spiro atoms. The molecule has 0 saturated carbocycles. The maximum Gasteiger partial charge on any atom is 0.239 e. The zero-order valence-electron chi connectivity index (χ0n) is 11.8. The predicted octanol–water partition coefficient (Wildman–Crippen LogP) is 2.59. The van der Waals surface area contributed by atoms with Crippen LogP contribution in [0.25, 0.3) is 0 Å². The smallest absolute Gasteiger partial charge is 0.239 e. The van der Waals surface area contributed by atoms with E-state index in [1.54, 1.807) is 4.90 Å². The average molecular weight is 248 g/mol. The summed E-state index contributed by atoms with van der Waals surface area (Å²) in [6, 6.07) is 10.4. The predicted molar refractivity (Wildman–Crippen MR) is 75.4 cm³/mol. The normalized spacial score (nSPS) is 14.0. The maximum absolute atomic E-state index is 12.0. The Balaban J connectivity index is 2.67. The number of amides is 1. The third kappa shape index (κ3) is 3.84. The molecular formula is C15H24N2O. The third-order valence-electron chi connectivity index (χ3n) is 3.28. The summed E-state index contributed by atoms with van der Waals surface area (Å²) in [7, 11) is 1.84. The molecule has 2 unspecified atom stereocenters. The molecule has 0 aliphatic heterocycles. The lowest BCUT2D eigenvalue weighted by molar-refractivity contribution is -0.131. The molecule has 0 fully saturated rings. The number of hydrogen-bond acceptors (Lipinski definition) is 2. The van der Waals surface area contributed by atoms with Crippen LogP contribution in [0.3, 0.4) is 0 Å². The van der Waals surface area contributed by atoms with Gasteiger partial charge in [-0.1, -0.05) is 37.3 Å². The van der Waals surface area contributed by atoms with E-state index in [-0.39, 0.29) is 18.0 Å². The number of rotatable bonds is 6. The lowest BCUT2D eigenvalue weighted by atomic mass is 10.0. The van der Waals surface area contributed by atoms with Crippen LogP contribution >= 0.6 is 0 Å². The van der Waals surface area contributed by atoms with Gasteiger partial charge in [0.1, 0.15) is 0 Å². The fraction of sp³-hybridized carbons (Fsp3) is 0.533. The Morgan fingerprint density at radius 3 is 2.39 bits per heavy atom. The Morgan fingerprint density at radius 1 is 1.28 bits per heavy atom. The first-order valence-corrected chi connectivity index (χ1v) is 6.66. The van der Waals surface area contributed by atoms with Crippen LogP contribution in [0.2, 0.25) is 0 Å². The van der Waals surface area contributed by atoms with Crippen molar-refractivity contribution >= 4 is 5.91 Å². The van der Waals surface area contributed by atoms with Gasteiger partial charge in [0.2, 0.25) is 5.91 Å². The number of hydrogen-bond donors (Lipinski definition) is 1. The first-order valence-electron chi connectivity index (χ1n) is 6.66. The molecule has 1 N–H and O–H groups in total. The topological polar surface area (TPSA) is 32.3 Å². The van der Waals surface area contributed by atoms with Gasteiger partial charge >= 0.3 is 0 Å². The van der Waals surface area contributed by atoms with E-state index in [2.05, 4.69) is 24.4 Å². The standard InChI is InChI=1S/C15H24N2O/c1-5-14(13-10-8-7-9-11-13)16-12(3)15(18)17(4)6-2/h7-12,14,16H,5-6H2,1-4H3. The summed E-state index contributed by atoms with van der Waals surface area (Å²) in [6.07, 6.45) is 0.970. The van der Waals surface area contributed by atoms with Gasteiger partial charge in [0.15, 0.2) is 0 Å². The summed E-state index contributed by atoms with van der Waals surface area (Å²) in [5.41, 5.74) is 1.24. The Labute approximate surface area is 110 Å². The average Bonchev–Trinajstić information content (AvgIpc) is 2.43. The van der Waals surface area contributed by atoms with Gasteiger partial charge in [0.25, 0.3) is 0 Å². The molecule has 2 atom stereocenters. The van der Waals surface area contributed by atoms with Crippen LogP contribution in [0.5, 0.6) is 0 Å². The second kappa shape index (κ2) is 7.17. The van der Waals surface area contributed by atoms with Crippen molar-refractivity contribution in [1.29, 1.82) is 0 Å². The van der Waals surface area contributed by atoms with E-state index in [9.17, 15) is 4.79 Å². The Morgan fingerprint density at radius 2 is 1.89 bits per heavy atom. The minimum absolute atomic E-state index is 0.145. The van der Waals surface area contributed by atoms with Gasteiger partial charge in [-0.15, -0.1) is 0 Å². The Bertz CT molecular complexity index is 364. The van der Waals surface area contributed by atoms with Crippen molar-refractivity contribution in [3.8, 4) is 0 Å². The number of likely N-dealkylation sites (N-methyl/N-ethyl adjacent to an activating group) is 1. The molecule has 3 nitrogen and oxygen atoms in total. The first kappa shape index (κ1) is 14.7. The highest BCUT2D eigenvalue weighted by Crippen LogP contribution is 2.16. The second-order valence-corrected chi connectivity index (χ2v) is 4.61. The summed E-state index contributed by atoms with van der Waals surface area (Å²) in [5.74, 6) is 0.145. The molecule has 0 saturated heterocycles. The minimum atomic E-state index is -0.153. The van der Waals surface area contributed by atoms with Crippen LogP contribution in [0.1, 0.15) is 38.8 Å². The van der Waals surface area contributed by atoms with E-state index in [1.165, 1.54) is 5.56 Å². The van der Waals surface area contributed by atoms with Crippen molar-refractivity contribution in [3.63, 3.8) is 0 Å². The Kier molecular flexibility index (Phi) is 5.86. The molecule has 1 aromatic rings. The second-order valence-electron chi connectivity index (χ2n) is 4.61. The first-order chi connectivity index (χ1) is 8.60. The van der Waals surface area contributed by atoms with Gasteiger partial charge in [0, 0.05) is 19.6 Å². The molecule has 0 radical (unpaired) electrons. The summed E-state index contributed by atoms with van der Waals surface area (Å²) < 4.78 is 0. The molecule has 1 rings (SSSR count). The molecule has 1 amide bonds. The van der Waals surface area contributed by atoms with Crippen LogP contribution < -0.4 is 5.32 Å². The van der Waals surface area contributed by atoms with Gasteiger partial charge in [0.05, 0.1) is 6.04 Å². The largest absolute Gasteiger partial charge is 0.345 e. The van der Waals surface area contributed by atoms with Gasteiger partial charge in [-0.3, -0.25) is 10.1 Å². The van der Waals surface area contributed by atoms with E-state index in [4.69, 9.17) is 0 Å². The summed E-state index contributed by atoms with van der Waals surface area (Å²) >= 11 is 0. The summed E-state index contributed by atoms with van der Waals surface area (Å²) in [6.45, 7) is 6.79. The zero-order valence-corrected chi connectivity index (χ0v) is 11.8. The number of nitrogens with zero attached hydrogens (tertiary/aromatic N) is 1. The van der Waals surface area contributed by atoms with Crippen LogP contribution in [-0.2, 0) is 4.79 Å². The number of carbonyl (C=O) groups excluding carboxylic acids is 1. The van der Waals surface area contributed by atoms with E-state index in [0.717, 1.165) is 13.0 Å². The molecule has 0 aromatic heterocycles. The Hall–Kier alpha value is -1.35. The lowest BCUT2D eigenvalue weighted by Crippen LogP contribution is -2.44. The quantitative estimate of drug-likeness (QED) is 0.839. The molecule has 1 aromatic carbocycles. The fourth-order valence-corrected chi connectivity index (χ4v) is 1.99. The SMILES string of the molecule is CCC(NC(C)C(=O)N(C)CC)c1ccccc1. The van der Waals surface area contributed by atoms with Gasteiger partial charge < -0.3 is 4.90 Å². The van der Waals surface area contributed by atoms with Crippen LogP contribution in [0, 0.1) is 0 Å². The monoisotopic (exact) mass is 248 g/mol. The highest BCUT2D eigenvalue weighted by Gasteiger charge is 2.19. The van der Waals surface area contributed by atoms with Crippen LogP contribution in [0.15, 0.2) is 30.3 Å². The van der Waals surface area contributed by atoms with Crippen LogP contribution in [0.4, 0.5) is 0 Å². The van der Waals surface area contributed by atoms with Gasteiger partial charge in [-0.05, 0) is 25.8 Å². The van der Waals surface area contributed by atoms with Gasteiger partial charge in [-0.2, -0.15) is 0 Å². The molecule has 0 aliphatic carbocycles. The number of carbonyl (C=O) groups is 1. The van der Waals surface area contributed by atoms with Crippen molar-refractivity contribution in [2.45, 2.75) is 39.3 Å². The lowest BCUT2D eigenvalue weighted by Gasteiger charge is -2.25. The van der Waals surface area contributed by atoms with Crippen molar-refractivity contribution in [1.82, 2.24) is 10.2 Å². The van der Waals surface area contributed by atoms with Crippen molar-refractivity contribution in [2.24, 2.45) is 0 Å². The van der Waals surface area contributed by atoms with Crippen LogP contribution in [-0.4, -0.2) is 30.4 Å². The van der Waals surface area contributed by atoms with Crippen molar-refractivity contribution < 1.29 is 4.79 Å². The van der Waals surface area contributed by atoms with Gasteiger partial charge in [-0.25, -0.2) is 0 Å². The van der Waals surface area contributed by atoms with E-state index >= 15 is 0 Å². The highest BCUT2D eigenvalue weighted by atomic mass is 16.2. The molecule has 0 aliphatic rings. The van der Waals surface area contributed by atoms with E-state index in [0.29, 0.717) is 0 Å². The van der Waals surface area contributed by atoms with Crippen molar-refractivity contribution in [3.05, 3.63) is 35.9 Å². The minimum Gasteiger partial charge on any atom is -0.345 e. The third-order valence-corrected chi connectivity index (χ3v) is 3.28. The van der Waals surface area contributed by atoms with E-state index < -0.39 is 0 Å². The molecule has 18 heavy (non-hydrogen) atoms. The van der Waals surface area contributed by atoms with Crippen molar-refractivity contribution in [2.75, 3.05) is 13.6 Å². The molecule has 0 bridgehead atoms.